The van der Waals surface area contributed by atoms with Crippen LogP contribution in [0.1, 0.15) is 23.1 Å². The molecule has 0 aliphatic carbocycles. The Balaban J connectivity index is 1.64. The molecule has 0 aliphatic rings. The number of aromatic nitrogens is 2. The van der Waals surface area contributed by atoms with E-state index in [0.29, 0.717) is 12.2 Å². The monoisotopic (exact) mass is 305 g/mol. The third-order valence-corrected chi connectivity index (χ3v) is 3.82. The maximum absolute atomic E-state index is 12.0. The van der Waals surface area contributed by atoms with Crippen LogP contribution in [0.3, 0.4) is 0 Å². The van der Waals surface area contributed by atoms with E-state index in [2.05, 4.69) is 35.3 Å². The fourth-order valence-electron chi connectivity index (χ4n) is 2.56. The molecule has 0 atom stereocenters. The van der Waals surface area contributed by atoms with E-state index in [0.717, 1.165) is 22.9 Å². The van der Waals surface area contributed by atoms with Crippen molar-refractivity contribution in [2.75, 3.05) is 5.73 Å². The van der Waals surface area contributed by atoms with Gasteiger partial charge in [-0.05, 0) is 42.7 Å². The van der Waals surface area contributed by atoms with Crippen molar-refractivity contribution < 1.29 is 4.79 Å². The lowest BCUT2D eigenvalue weighted by Crippen LogP contribution is -1.96. The number of carbonyl (C=O) groups is 1. The van der Waals surface area contributed by atoms with E-state index in [9.17, 15) is 4.79 Å². The fourth-order valence-corrected chi connectivity index (χ4v) is 2.56. The molecule has 2 aromatic carbocycles. The van der Waals surface area contributed by atoms with Gasteiger partial charge in [0, 0.05) is 11.8 Å². The largest absolute Gasteiger partial charge is 0.382 e. The number of aromatic amines is 1. The van der Waals surface area contributed by atoms with Gasteiger partial charge in [0.2, 0.25) is 0 Å². The smallest absolute Gasteiger partial charge is 0.156 e. The van der Waals surface area contributed by atoms with Crippen LogP contribution in [0.2, 0.25) is 0 Å². The number of H-pyrrole nitrogens is 1. The lowest BCUT2D eigenvalue weighted by molar-refractivity contribution is -0.114. The van der Waals surface area contributed by atoms with Crippen molar-refractivity contribution in [1.29, 1.82) is 0 Å². The van der Waals surface area contributed by atoms with Crippen LogP contribution in [-0.4, -0.2) is 16.0 Å². The molecule has 0 fully saturated rings. The molecule has 3 rings (SSSR count). The molecule has 3 N–H and O–H groups in total. The van der Waals surface area contributed by atoms with Gasteiger partial charge >= 0.3 is 0 Å². The summed E-state index contributed by atoms with van der Waals surface area (Å²) in [6.45, 7) is 2.06. The zero-order chi connectivity index (χ0) is 16.2. The SMILES string of the molecule is Cc1cccc(CCC(=O)/C=C/c2ccc3[nH]nc(N)c3c2)c1. The summed E-state index contributed by atoms with van der Waals surface area (Å²) in [5.74, 6) is 0.591. The molecule has 0 bridgehead atoms. The summed E-state index contributed by atoms with van der Waals surface area (Å²) in [7, 11) is 0. The minimum atomic E-state index is 0.117. The Morgan fingerprint density at radius 2 is 2.13 bits per heavy atom. The van der Waals surface area contributed by atoms with E-state index in [1.54, 1.807) is 6.08 Å². The number of carbonyl (C=O) groups excluding carboxylic acids is 1. The molecule has 0 amide bonds. The first-order valence-electron chi connectivity index (χ1n) is 7.62. The number of benzene rings is 2. The first-order chi connectivity index (χ1) is 11.1. The number of nitrogen functional groups attached to an aromatic ring is 1. The van der Waals surface area contributed by atoms with Crippen molar-refractivity contribution in [2.45, 2.75) is 19.8 Å². The maximum Gasteiger partial charge on any atom is 0.156 e. The average molecular weight is 305 g/mol. The molecule has 0 unspecified atom stereocenters. The zero-order valence-electron chi connectivity index (χ0n) is 13.0. The average Bonchev–Trinajstić information content (AvgIpc) is 2.92. The quantitative estimate of drug-likeness (QED) is 0.706. The van der Waals surface area contributed by atoms with E-state index >= 15 is 0 Å². The molecule has 4 nitrogen and oxygen atoms in total. The van der Waals surface area contributed by atoms with E-state index in [1.165, 1.54) is 11.1 Å². The molecule has 1 heterocycles. The van der Waals surface area contributed by atoms with Crippen LogP contribution in [0.4, 0.5) is 5.82 Å². The number of nitrogens with one attached hydrogen (secondary N) is 1. The second kappa shape index (κ2) is 6.48. The highest BCUT2D eigenvalue weighted by atomic mass is 16.1. The van der Waals surface area contributed by atoms with Gasteiger partial charge in [-0.2, -0.15) is 5.10 Å². The van der Waals surface area contributed by atoms with Crippen molar-refractivity contribution in [3.05, 3.63) is 65.2 Å². The van der Waals surface area contributed by atoms with Gasteiger partial charge in [-0.25, -0.2) is 0 Å². The second-order valence-corrected chi connectivity index (χ2v) is 5.70. The predicted octanol–water partition coefficient (Wildman–Crippen LogP) is 3.67. The molecule has 0 saturated heterocycles. The number of aryl methyl sites for hydroxylation is 2. The number of allylic oxidation sites excluding steroid dienone is 1. The van der Waals surface area contributed by atoms with Crippen LogP contribution in [0.15, 0.2) is 48.5 Å². The molecule has 1 aromatic heterocycles. The topological polar surface area (TPSA) is 71.8 Å². The minimum absolute atomic E-state index is 0.117. The van der Waals surface area contributed by atoms with Crippen LogP contribution in [0.25, 0.3) is 17.0 Å². The number of rotatable bonds is 5. The van der Waals surface area contributed by atoms with Crippen LogP contribution < -0.4 is 5.73 Å². The molecular formula is C19H19N3O. The number of hydrogen-bond donors (Lipinski definition) is 2. The van der Waals surface area contributed by atoms with Crippen molar-refractivity contribution in [3.8, 4) is 0 Å². The summed E-state index contributed by atoms with van der Waals surface area (Å²) < 4.78 is 0. The van der Waals surface area contributed by atoms with Gasteiger partial charge in [0.05, 0.1) is 5.52 Å². The number of ketones is 1. The molecule has 116 valence electrons. The molecule has 0 spiro atoms. The van der Waals surface area contributed by atoms with E-state index in [4.69, 9.17) is 5.73 Å². The Kier molecular flexibility index (Phi) is 4.24. The zero-order valence-corrected chi connectivity index (χ0v) is 13.0. The maximum atomic E-state index is 12.0. The molecule has 0 radical (unpaired) electrons. The lowest BCUT2D eigenvalue weighted by Gasteiger charge is -2.00. The summed E-state index contributed by atoms with van der Waals surface area (Å²) in [6.07, 6.45) is 4.73. The highest BCUT2D eigenvalue weighted by Crippen LogP contribution is 2.19. The van der Waals surface area contributed by atoms with Gasteiger partial charge in [-0.3, -0.25) is 9.89 Å². The molecule has 4 heteroatoms. The van der Waals surface area contributed by atoms with E-state index in [1.807, 2.05) is 30.3 Å². The number of nitrogens with zero attached hydrogens (tertiary/aromatic N) is 1. The minimum Gasteiger partial charge on any atom is -0.382 e. The van der Waals surface area contributed by atoms with E-state index in [-0.39, 0.29) is 5.78 Å². The Hall–Kier alpha value is -2.88. The summed E-state index contributed by atoms with van der Waals surface area (Å²) in [5, 5.41) is 7.70. The highest BCUT2D eigenvalue weighted by Gasteiger charge is 2.03. The van der Waals surface area contributed by atoms with Gasteiger partial charge in [0.25, 0.3) is 0 Å². The normalized spacial score (nSPS) is 11.3. The lowest BCUT2D eigenvalue weighted by atomic mass is 10.0. The summed E-state index contributed by atoms with van der Waals surface area (Å²) in [4.78, 5) is 12.0. The molecule has 3 aromatic rings. The number of fused-ring (bicyclic) bond motifs is 1. The molecule has 0 saturated carbocycles. The van der Waals surface area contributed by atoms with Crippen molar-refractivity contribution in [3.63, 3.8) is 0 Å². The van der Waals surface area contributed by atoms with Gasteiger partial charge in [0.1, 0.15) is 0 Å². The van der Waals surface area contributed by atoms with Gasteiger partial charge in [0.15, 0.2) is 11.6 Å². The Morgan fingerprint density at radius 3 is 2.96 bits per heavy atom. The van der Waals surface area contributed by atoms with Crippen molar-refractivity contribution >= 4 is 28.6 Å². The third-order valence-electron chi connectivity index (χ3n) is 3.82. The van der Waals surface area contributed by atoms with Crippen molar-refractivity contribution in [2.24, 2.45) is 0 Å². The number of nitrogens with two attached hydrogens (primary N) is 1. The Morgan fingerprint density at radius 1 is 1.26 bits per heavy atom. The van der Waals surface area contributed by atoms with Crippen LogP contribution >= 0.6 is 0 Å². The van der Waals surface area contributed by atoms with Crippen LogP contribution in [-0.2, 0) is 11.2 Å². The third kappa shape index (κ3) is 3.66. The first kappa shape index (κ1) is 15.0. The standard InChI is InChI=1S/C19H19N3O/c1-13-3-2-4-14(11-13)5-8-16(23)9-6-15-7-10-18-17(12-15)19(20)22-21-18/h2-4,6-7,9-12H,5,8H2,1H3,(H3,20,21,22)/b9-6+. The van der Waals surface area contributed by atoms with Gasteiger partial charge in [-0.15, -0.1) is 0 Å². The fraction of sp³-hybridized carbons (Fsp3) is 0.158. The second-order valence-electron chi connectivity index (χ2n) is 5.70. The highest BCUT2D eigenvalue weighted by molar-refractivity contribution is 5.95. The molecule has 23 heavy (non-hydrogen) atoms. The first-order valence-corrected chi connectivity index (χ1v) is 7.62. The van der Waals surface area contributed by atoms with Gasteiger partial charge in [-0.1, -0.05) is 42.0 Å². The van der Waals surface area contributed by atoms with Gasteiger partial charge < -0.3 is 5.73 Å². The molecular weight excluding hydrogens is 286 g/mol. The Bertz CT molecular complexity index is 877. The number of anilines is 1. The van der Waals surface area contributed by atoms with Crippen molar-refractivity contribution in [1.82, 2.24) is 10.2 Å². The number of hydrogen-bond acceptors (Lipinski definition) is 3. The Labute approximate surface area is 135 Å². The summed E-state index contributed by atoms with van der Waals surface area (Å²) in [5.41, 5.74) is 10.0. The van der Waals surface area contributed by atoms with Crippen LogP contribution in [0.5, 0.6) is 0 Å². The van der Waals surface area contributed by atoms with E-state index < -0.39 is 0 Å². The molecule has 0 aliphatic heterocycles. The van der Waals surface area contributed by atoms with Crippen LogP contribution in [0, 0.1) is 6.92 Å². The summed E-state index contributed by atoms with van der Waals surface area (Å²) in [6, 6.07) is 14.0. The predicted molar refractivity (Wildman–Crippen MR) is 94.0 cm³/mol. The summed E-state index contributed by atoms with van der Waals surface area (Å²) >= 11 is 0.